The maximum absolute atomic E-state index is 11.8. The lowest BCUT2D eigenvalue weighted by Crippen LogP contribution is -2.37. The van der Waals surface area contributed by atoms with Gasteiger partial charge in [0, 0.05) is 17.6 Å². The molecule has 0 unspecified atom stereocenters. The smallest absolute Gasteiger partial charge is 0.319 e. The Morgan fingerprint density at radius 1 is 1.32 bits per heavy atom. The van der Waals surface area contributed by atoms with E-state index in [4.69, 9.17) is 5.11 Å². The zero-order valence-corrected chi connectivity index (χ0v) is 10.9. The van der Waals surface area contributed by atoms with E-state index in [1.165, 1.54) is 0 Å². The van der Waals surface area contributed by atoms with Crippen LogP contribution in [0, 0.1) is 0 Å². The molecular formula is C14H18N2O3. The maximum Gasteiger partial charge on any atom is 0.319 e. The molecule has 2 amide bonds. The predicted molar refractivity (Wildman–Crippen MR) is 72.2 cm³/mol. The molecule has 1 aliphatic carbocycles. The number of para-hydroxylation sites is 1. The van der Waals surface area contributed by atoms with E-state index in [1.54, 1.807) is 6.07 Å². The van der Waals surface area contributed by atoms with Crippen LogP contribution in [0.15, 0.2) is 24.3 Å². The van der Waals surface area contributed by atoms with Crippen LogP contribution < -0.4 is 10.6 Å². The van der Waals surface area contributed by atoms with Crippen molar-refractivity contribution in [3.63, 3.8) is 0 Å². The fourth-order valence-electron chi connectivity index (χ4n) is 1.84. The molecule has 1 fully saturated rings. The third-order valence-electron chi connectivity index (χ3n) is 3.29. The van der Waals surface area contributed by atoms with Gasteiger partial charge in [-0.1, -0.05) is 18.2 Å². The minimum absolute atomic E-state index is 0.0536. The number of rotatable bonds is 5. The summed E-state index contributed by atoms with van der Waals surface area (Å²) in [5.41, 5.74) is 1.44. The van der Waals surface area contributed by atoms with Gasteiger partial charge in [-0.3, -0.25) is 4.79 Å². The van der Waals surface area contributed by atoms with Crippen LogP contribution in [-0.4, -0.2) is 22.6 Å². The Morgan fingerprint density at radius 3 is 2.63 bits per heavy atom. The standard InChI is InChI=1S/C14H18N2O3/c1-14(8-9-14)16-13(19)15-11-5-3-2-4-10(11)6-7-12(17)18/h2-5H,6-9H2,1H3,(H,17,18)(H2,15,16,19). The number of anilines is 1. The van der Waals surface area contributed by atoms with E-state index in [-0.39, 0.29) is 18.0 Å². The second kappa shape index (κ2) is 5.30. The van der Waals surface area contributed by atoms with Crippen molar-refractivity contribution in [1.82, 2.24) is 5.32 Å². The van der Waals surface area contributed by atoms with Gasteiger partial charge < -0.3 is 15.7 Å². The summed E-state index contributed by atoms with van der Waals surface area (Å²) in [4.78, 5) is 22.4. The molecule has 0 aromatic heterocycles. The Morgan fingerprint density at radius 2 is 2.00 bits per heavy atom. The summed E-state index contributed by atoms with van der Waals surface area (Å²) in [5, 5.41) is 14.4. The Bertz CT molecular complexity index is 495. The Balaban J connectivity index is 1.98. The molecular weight excluding hydrogens is 244 g/mol. The molecule has 0 aliphatic heterocycles. The topological polar surface area (TPSA) is 78.4 Å². The van der Waals surface area contributed by atoms with Crippen molar-refractivity contribution in [1.29, 1.82) is 0 Å². The number of carboxylic acids is 1. The fraction of sp³-hybridized carbons (Fsp3) is 0.429. The molecule has 1 aromatic carbocycles. The number of amides is 2. The van der Waals surface area contributed by atoms with E-state index in [0.29, 0.717) is 12.1 Å². The molecule has 1 aliphatic rings. The molecule has 2 rings (SSSR count). The number of nitrogens with one attached hydrogen (secondary N) is 2. The van der Waals surface area contributed by atoms with Gasteiger partial charge in [-0.25, -0.2) is 4.79 Å². The number of benzene rings is 1. The first kappa shape index (κ1) is 13.4. The summed E-state index contributed by atoms with van der Waals surface area (Å²) in [6, 6.07) is 7.03. The third kappa shape index (κ3) is 3.98. The van der Waals surface area contributed by atoms with Crippen molar-refractivity contribution < 1.29 is 14.7 Å². The number of carbonyl (C=O) groups is 2. The van der Waals surface area contributed by atoms with Gasteiger partial charge >= 0.3 is 12.0 Å². The van der Waals surface area contributed by atoms with Crippen LogP contribution in [0.1, 0.15) is 31.7 Å². The molecule has 0 saturated heterocycles. The number of hydrogen-bond acceptors (Lipinski definition) is 2. The molecule has 1 aromatic rings. The largest absolute Gasteiger partial charge is 0.481 e. The molecule has 0 atom stereocenters. The van der Waals surface area contributed by atoms with Crippen molar-refractivity contribution in [2.24, 2.45) is 0 Å². The van der Waals surface area contributed by atoms with E-state index < -0.39 is 5.97 Å². The maximum atomic E-state index is 11.8. The molecule has 1 saturated carbocycles. The Hall–Kier alpha value is -2.04. The summed E-state index contributed by atoms with van der Waals surface area (Å²) in [6.07, 6.45) is 2.46. The van der Waals surface area contributed by atoms with Gasteiger partial charge in [0.2, 0.25) is 0 Å². The summed E-state index contributed by atoms with van der Waals surface area (Å²) in [5.74, 6) is -0.843. The van der Waals surface area contributed by atoms with Crippen LogP contribution in [0.25, 0.3) is 0 Å². The first-order valence-electron chi connectivity index (χ1n) is 6.37. The lowest BCUT2D eigenvalue weighted by Gasteiger charge is -2.14. The molecule has 0 bridgehead atoms. The lowest BCUT2D eigenvalue weighted by molar-refractivity contribution is -0.136. The van der Waals surface area contributed by atoms with Crippen LogP contribution in [0.4, 0.5) is 10.5 Å². The van der Waals surface area contributed by atoms with Crippen molar-refractivity contribution in [3.8, 4) is 0 Å². The van der Waals surface area contributed by atoms with Gasteiger partial charge in [-0.15, -0.1) is 0 Å². The summed E-state index contributed by atoms with van der Waals surface area (Å²) < 4.78 is 0. The zero-order valence-electron chi connectivity index (χ0n) is 10.9. The first-order chi connectivity index (χ1) is 8.98. The normalized spacial score (nSPS) is 15.6. The first-order valence-corrected chi connectivity index (χ1v) is 6.37. The lowest BCUT2D eigenvalue weighted by atomic mass is 10.1. The van der Waals surface area contributed by atoms with E-state index in [1.807, 2.05) is 25.1 Å². The van der Waals surface area contributed by atoms with Crippen LogP contribution >= 0.6 is 0 Å². The van der Waals surface area contributed by atoms with Gasteiger partial charge in [0.05, 0.1) is 0 Å². The average Bonchev–Trinajstić information content (AvgIpc) is 3.05. The van der Waals surface area contributed by atoms with Gasteiger partial charge in [0.15, 0.2) is 0 Å². The molecule has 102 valence electrons. The van der Waals surface area contributed by atoms with Crippen LogP contribution in [0.2, 0.25) is 0 Å². The molecule has 0 heterocycles. The predicted octanol–water partition coefficient (Wildman–Crippen LogP) is 2.38. The van der Waals surface area contributed by atoms with E-state index >= 15 is 0 Å². The molecule has 0 radical (unpaired) electrons. The van der Waals surface area contributed by atoms with Crippen molar-refractivity contribution >= 4 is 17.7 Å². The molecule has 5 heteroatoms. The minimum atomic E-state index is -0.843. The van der Waals surface area contributed by atoms with Crippen molar-refractivity contribution in [2.45, 2.75) is 38.1 Å². The van der Waals surface area contributed by atoms with Crippen LogP contribution in [-0.2, 0) is 11.2 Å². The highest BCUT2D eigenvalue weighted by Gasteiger charge is 2.38. The highest BCUT2D eigenvalue weighted by atomic mass is 16.4. The van der Waals surface area contributed by atoms with Crippen molar-refractivity contribution in [2.75, 3.05) is 5.32 Å². The second-order valence-electron chi connectivity index (χ2n) is 5.19. The van der Waals surface area contributed by atoms with Crippen molar-refractivity contribution in [3.05, 3.63) is 29.8 Å². The molecule has 3 N–H and O–H groups in total. The van der Waals surface area contributed by atoms with Gasteiger partial charge in [0.25, 0.3) is 0 Å². The number of urea groups is 1. The highest BCUT2D eigenvalue weighted by molar-refractivity contribution is 5.90. The van der Waals surface area contributed by atoms with Gasteiger partial charge in [-0.2, -0.15) is 0 Å². The molecule has 19 heavy (non-hydrogen) atoms. The SMILES string of the molecule is CC1(NC(=O)Nc2ccccc2CCC(=O)O)CC1. The number of aryl methyl sites for hydroxylation is 1. The monoisotopic (exact) mass is 262 g/mol. The number of aliphatic carboxylic acids is 1. The summed E-state index contributed by atoms with van der Waals surface area (Å²) in [7, 11) is 0. The summed E-state index contributed by atoms with van der Waals surface area (Å²) >= 11 is 0. The number of carboxylic acid groups (broad SMARTS) is 1. The zero-order chi connectivity index (χ0) is 13.9. The van der Waals surface area contributed by atoms with E-state index in [2.05, 4.69) is 10.6 Å². The van der Waals surface area contributed by atoms with E-state index in [0.717, 1.165) is 18.4 Å². The van der Waals surface area contributed by atoms with Gasteiger partial charge in [0.1, 0.15) is 0 Å². The third-order valence-corrected chi connectivity index (χ3v) is 3.29. The van der Waals surface area contributed by atoms with E-state index in [9.17, 15) is 9.59 Å². The van der Waals surface area contributed by atoms with Crippen LogP contribution in [0.3, 0.4) is 0 Å². The quantitative estimate of drug-likeness (QED) is 0.762. The molecule has 0 spiro atoms. The number of hydrogen-bond donors (Lipinski definition) is 3. The minimum Gasteiger partial charge on any atom is -0.481 e. The summed E-state index contributed by atoms with van der Waals surface area (Å²) in [6.45, 7) is 2.00. The number of carbonyl (C=O) groups excluding carboxylic acids is 1. The average molecular weight is 262 g/mol. The van der Waals surface area contributed by atoms with Gasteiger partial charge in [-0.05, 0) is 37.8 Å². The Kier molecular flexibility index (Phi) is 3.74. The fourth-order valence-corrected chi connectivity index (χ4v) is 1.84. The highest BCUT2D eigenvalue weighted by Crippen LogP contribution is 2.34. The van der Waals surface area contributed by atoms with Crippen LogP contribution in [0.5, 0.6) is 0 Å². The Labute approximate surface area is 112 Å². The molecule has 5 nitrogen and oxygen atoms in total. The second-order valence-corrected chi connectivity index (χ2v) is 5.19.